The Bertz CT molecular complexity index is 560. The molecule has 9 heteroatoms. The van der Waals surface area contributed by atoms with Crippen molar-refractivity contribution in [2.45, 2.75) is 51.7 Å². The van der Waals surface area contributed by atoms with Crippen molar-refractivity contribution in [2.24, 2.45) is 11.7 Å². The Morgan fingerprint density at radius 1 is 1.29 bits per heavy atom. The largest absolute Gasteiger partial charge is 0.480 e. The third-order valence-electron chi connectivity index (χ3n) is 3.90. The molecular weight excluding hydrogens is 314 g/mol. The first-order valence-electron chi connectivity index (χ1n) is 7.82. The molecule has 4 atom stereocenters. The second-order valence-electron chi connectivity index (χ2n) is 5.82. The third kappa shape index (κ3) is 5.65. The molecular formula is C15H25N5O4. The van der Waals surface area contributed by atoms with E-state index < -0.39 is 35.9 Å². The smallest absolute Gasteiger partial charge is 0.325 e. The lowest BCUT2D eigenvalue weighted by atomic mass is 9.98. The number of carboxylic acids is 1. The first-order chi connectivity index (χ1) is 11.3. The van der Waals surface area contributed by atoms with Crippen LogP contribution in [0.5, 0.6) is 0 Å². The Kier molecular flexibility index (Phi) is 7.37. The van der Waals surface area contributed by atoms with Crippen LogP contribution >= 0.6 is 0 Å². The quantitative estimate of drug-likeness (QED) is 0.405. The van der Waals surface area contributed by atoms with Crippen molar-refractivity contribution in [3.63, 3.8) is 0 Å². The lowest BCUT2D eigenvalue weighted by Gasteiger charge is -2.23. The first-order valence-corrected chi connectivity index (χ1v) is 7.82. The van der Waals surface area contributed by atoms with Crippen molar-refractivity contribution in [1.29, 1.82) is 0 Å². The number of aromatic nitrogens is 2. The number of amides is 2. The van der Waals surface area contributed by atoms with Gasteiger partial charge in [-0.25, -0.2) is 4.98 Å². The van der Waals surface area contributed by atoms with Gasteiger partial charge in [-0.05, 0) is 12.8 Å². The van der Waals surface area contributed by atoms with Gasteiger partial charge >= 0.3 is 5.97 Å². The lowest BCUT2D eigenvalue weighted by molar-refractivity contribution is -0.141. The van der Waals surface area contributed by atoms with Gasteiger partial charge in [0.25, 0.3) is 0 Å². The molecule has 1 heterocycles. The molecule has 0 aromatic carbocycles. The molecule has 0 fully saturated rings. The summed E-state index contributed by atoms with van der Waals surface area (Å²) in [5.74, 6) is -2.25. The zero-order valence-electron chi connectivity index (χ0n) is 14.1. The van der Waals surface area contributed by atoms with Crippen LogP contribution in [0.3, 0.4) is 0 Å². The number of aromatic amines is 1. The van der Waals surface area contributed by atoms with Crippen molar-refractivity contribution >= 4 is 17.8 Å². The van der Waals surface area contributed by atoms with Crippen molar-refractivity contribution in [2.75, 3.05) is 0 Å². The van der Waals surface area contributed by atoms with Crippen molar-refractivity contribution in [3.05, 3.63) is 18.2 Å². The highest BCUT2D eigenvalue weighted by Crippen LogP contribution is 2.07. The predicted molar refractivity (Wildman–Crippen MR) is 86.9 cm³/mol. The average Bonchev–Trinajstić information content (AvgIpc) is 3.05. The second-order valence-corrected chi connectivity index (χ2v) is 5.82. The fourth-order valence-corrected chi connectivity index (χ4v) is 1.98. The molecule has 0 aliphatic heterocycles. The molecule has 1 aromatic rings. The van der Waals surface area contributed by atoms with Gasteiger partial charge in [0.05, 0.1) is 12.4 Å². The fraction of sp³-hybridized carbons (Fsp3) is 0.600. The number of carbonyl (C=O) groups is 3. The van der Waals surface area contributed by atoms with Gasteiger partial charge in [-0.1, -0.05) is 20.3 Å². The van der Waals surface area contributed by atoms with Crippen LogP contribution in [-0.4, -0.2) is 51.0 Å². The average molecular weight is 339 g/mol. The summed E-state index contributed by atoms with van der Waals surface area (Å²) in [5.41, 5.74) is 6.52. The number of nitrogens with two attached hydrogens (primary N) is 1. The molecule has 0 saturated heterocycles. The fourth-order valence-electron chi connectivity index (χ4n) is 1.98. The molecule has 0 spiro atoms. The van der Waals surface area contributed by atoms with Crippen LogP contribution in [0, 0.1) is 5.92 Å². The molecule has 4 unspecified atom stereocenters. The standard InChI is InChI=1S/C15H25N5O4/c1-4-8(2)12(16)14(22)20-11(5-10-6-17-7-18-10)13(21)19-9(3)15(23)24/h6-9,11-12H,4-5,16H2,1-3H3,(H,17,18)(H,19,21)(H,20,22)(H,23,24). The van der Waals surface area contributed by atoms with Gasteiger partial charge in [-0.3, -0.25) is 14.4 Å². The van der Waals surface area contributed by atoms with E-state index in [1.807, 2.05) is 13.8 Å². The molecule has 0 saturated carbocycles. The van der Waals surface area contributed by atoms with Crippen LogP contribution in [0.4, 0.5) is 0 Å². The first kappa shape index (κ1) is 19.6. The van der Waals surface area contributed by atoms with Gasteiger partial charge in [-0.15, -0.1) is 0 Å². The Labute approximate surface area is 140 Å². The topological polar surface area (TPSA) is 150 Å². The number of nitrogens with zero attached hydrogens (tertiary/aromatic N) is 1. The monoisotopic (exact) mass is 339 g/mol. The summed E-state index contributed by atoms with van der Waals surface area (Å²) in [7, 11) is 0. The van der Waals surface area contributed by atoms with E-state index in [9.17, 15) is 14.4 Å². The maximum Gasteiger partial charge on any atom is 0.325 e. The normalized spacial score (nSPS) is 15.8. The number of imidazole rings is 1. The van der Waals surface area contributed by atoms with E-state index in [0.717, 1.165) is 6.42 Å². The van der Waals surface area contributed by atoms with Crippen LogP contribution in [-0.2, 0) is 20.8 Å². The van der Waals surface area contributed by atoms with E-state index in [1.165, 1.54) is 19.4 Å². The van der Waals surface area contributed by atoms with E-state index in [-0.39, 0.29) is 12.3 Å². The van der Waals surface area contributed by atoms with E-state index in [4.69, 9.17) is 10.8 Å². The lowest BCUT2D eigenvalue weighted by Crippen LogP contribution is -2.55. The summed E-state index contributed by atoms with van der Waals surface area (Å²) in [5, 5.41) is 13.9. The zero-order valence-corrected chi connectivity index (χ0v) is 14.1. The van der Waals surface area contributed by atoms with Crippen LogP contribution in [0.15, 0.2) is 12.5 Å². The maximum absolute atomic E-state index is 12.3. The summed E-state index contributed by atoms with van der Waals surface area (Å²) in [6.07, 6.45) is 3.86. The number of rotatable bonds is 9. The molecule has 0 bridgehead atoms. The summed E-state index contributed by atoms with van der Waals surface area (Å²) < 4.78 is 0. The van der Waals surface area contributed by atoms with Gasteiger partial charge in [0.15, 0.2) is 0 Å². The molecule has 24 heavy (non-hydrogen) atoms. The Morgan fingerprint density at radius 3 is 2.46 bits per heavy atom. The molecule has 0 radical (unpaired) electrons. The van der Waals surface area contributed by atoms with Gasteiger partial charge < -0.3 is 26.5 Å². The second kappa shape index (κ2) is 9.02. The van der Waals surface area contributed by atoms with Crippen molar-refractivity contribution in [1.82, 2.24) is 20.6 Å². The summed E-state index contributed by atoms with van der Waals surface area (Å²) in [4.78, 5) is 42.2. The van der Waals surface area contributed by atoms with E-state index in [0.29, 0.717) is 5.69 Å². The van der Waals surface area contributed by atoms with Gasteiger partial charge in [0.1, 0.15) is 12.1 Å². The zero-order chi connectivity index (χ0) is 18.3. The molecule has 6 N–H and O–H groups in total. The number of carbonyl (C=O) groups excluding carboxylic acids is 2. The minimum Gasteiger partial charge on any atom is -0.480 e. The summed E-state index contributed by atoms with van der Waals surface area (Å²) in [6.45, 7) is 5.11. The maximum atomic E-state index is 12.3. The molecule has 1 rings (SSSR count). The Hall–Kier alpha value is -2.42. The predicted octanol–water partition coefficient (Wildman–Crippen LogP) is -0.600. The van der Waals surface area contributed by atoms with Crippen LogP contribution < -0.4 is 16.4 Å². The van der Waals surface area contributed by atoms with Crippen molar-refractivity contribution in [3.8, 4) is 0 Å². The highest BCUT2D eigenvalue weighted by atomic mass is 16.4. The number of aliphatic carboxylic acids is 1. The van der Waals surface area contributed by atoms with Crippen LogP contribution in [0.25, 0.3) is 0 Å². The molecule has 134 valence electrons. The molecule has 1 aromatic heterocycles. The van der Waals surface area contributed by atoms with E-state index in [2.05, 4.69) is 20.6 Å². The highest BCUT2D eigenvalue weighted by Gasteiger charge is 2.28. The van der Waals surface area contributed by atoms with Crippen LogP contribution in [0.1, 0.15) is 32.9 Å². The van der Waals surface area contributed by atoms with Crippen molar-refractivity contribution < 1.29 is 19.5 Å². The number of H-pyrrole nitrogens is 1. The SMILES string of the molecule is CCC(C)C(N)C(=O)NC(Cc1cnc[nH]1)C(=O)NC(C)C(=O)O. The Morgan fingerprint density at radius 2 is 1.96 bits per heavy atom. The molecule has 2 amide bonds. The highest BCUT2D eigenvalue weighted by molar-refractivity contribution is 5.91. The number of carboxylic acid groups (broad SMARTS) is 1. The van der Waals surface area contributed by atoms with Crippen LogP contribution in [0.2, 0.25) is 0 Å². The number of hydrogen-bond acceptors (Lipinski definition) is 5. The van der Waals surface area contributed by atoms with E-state index >= 15 is 0 Å². The number of hydrogen-bond donors (Lipinski definition) is 5. The summed E-state index contributed by atoms with van der Waals surface area (Å²) in [6, 6.07) is -2.76. The molecule has 9 nitrogen and oxygen atoms in total. The Balaban J connectivity index is 2.82. The minimum absolute atomic E-state index is 0.0428. The van der Waals surface area contributed by atoms with Gasteiger partial charge in [0.2, 0.25) is 11.8 Å². The molecule has 0 aliphatic carbocycles. The van der Waals surface area contributed by atoms with Gasteiger partial charge in [0, 0.05) is 18.3 Å². The minimum atomic E-state index is -1.16. The van der Waals surface area contributed by atoms with E-state index in [1.54, 1.807) is 0 Å². The third-order valence-corrected chi connectivity index (χ3v) is 3.90. The molecule has 0 aliphatic rings. The number of nitrogens with one attached hydrogen (secondary N) is 3. The van der Waals surface area contributed by atoms with Gasteiger partial charge in [-0.2, -0.15) is 0 Å². The summed E-state index contributed by atoms with van der Waals surface area (Å²) >= 11 is 0.